The summed E-state index contributed by atoms with van der Waals surface area (Å²) >= 11 is 0. The van der Waals surface area contributed by atoms with E-state index in [0.29, 0.717) is 0 Å². The molecular weight excluding hydrogens is 268 g/mol. The lowest BCUT2D eigenvalue weighted by Crippen LogP contribution is -2.18. The maximum absolute atomic E-state index is 11.9. The molecule has 0 spiro atoms. The standard InChI is InChI=1S/C12H10N2O6/c1-7(6-13)20-12(15)8-4-10-11(19-3-2-18-10)5-9(8)14(16)17/h4-5,7H,2-3H2,1H3/t7-/m0/s1. The Labute approximate surface area is 113 Å². The lowest BCUT2D eigenvalue weighted by molar-refractivity contribution is -0.385. The van der Waals surface area contributed by atoms with Gasteiger partial charge >= 0.3 is 5.97 Å². The zero-order valence-corrected chi connectivity index (χ0v) is 10.5. The van der Waals surface area contributed by atoms with Crippen LogP contribution < -0.4 is 9.47 Å². The van der Waals surface area contributed by atoms with Crippen LogP contribution in [0.5, 0.6) is 11.5 Å². The molecule has 1 aliphatic rings. The third kappa shape index (κ3) is 2.61. The van der Waals surface area contributed by atoms with Crippen LogP contribution in [0.3, 0.4) is 0 Å². The van der Waals surface area contributed by atoms with E-state index in [1.165, 1.54) is 13.0 Å². The maximum Gasteiger partial charge on any atom is 0.346 e. The second kappa shape index (κ2) is 5.44. The van der Waals surface area contributed by atoms with Crippen LogP contribution in [0.25, 0.3) is 0 Å². The van der Waals surface area contributed by atoms with Gasteiger partial charge in [-0.1, -0.05) is 0 Å². The first-order chi connectivity index (χ1) is 9.52. The van der Waals surface area contributed by atoms with Crippen molar-refractivity contribution < 1.29 is 23.9 Å². The average Bonchev–Trinajstić information content (AvgIpc) is 2.45. The van der Waals surface area contributed by atoms with Crippen LogP contribution in [0, 0.1) is 21.4 Å². The molecule has 104 valence electrons. The van der Waals surface area contributed by atoms with Gasteiger partial charge in [-0.3, -0.25) is 10.1 Å². The highest BCUT2D eigenvalue weighted by molar-refractivity contribution is 5.95. The Balaban J connectivity index is 2.42. The molecule has 0 fully saturated rings. The van der Waals surface area contributed by atoms with Gasteiger partial charge in [0.15, 0.2) is 17.6 Å². The number of benzene rings is 1. The van der Waals surface area contributed by atoms with Crippen molar-refractivity contribution in [3.63, 3.8) is 0 Å². The molecule has 1 aromatic carbocycles. The van der Waals surface area contributed by atoms with E-state index in [9.17, 15) is 14.9 Å². The van der Waals surface area contributed by atoms with E-state index in [2.05, 4.69) is 0 Å². The van der Waals surface area contributed by atoms with Gasteiger partial charge in [0.25, 0.3) is 5.69 Å². The molecule has 0 aliphatic carbocycles. The summed E-state index contributed by atoms with van der Waals surface area (Å²) in [5, 5.41) is 19.6. The summed E-state index contributed by atoms with van der Waals surface area (Å²) in [5.74, 6) is -0.519. The SMILES string of the molecule is C[C@@H](C#N)OC(=O)c1cc2c(cc1[N+](=O)[O-])OCCO2. The second-order valence-electron chi connectivity index (χ2n) is 3.95. The predicted molar refractivity (Wildman–Crippen MR) is 64.6 cm³/mol. The number of fused-ring (bicyclic) bond motifs is 1. The van der Waals surface area contributed by atoms with Gasteiger partial charge in [0.05, 0.1) is 11.0 Å². The topological polar surface area (TPSA) is 112 Å². The number of hydrogen-bond donors (Lipinski definition) is 0. The molecule has 8 nitrogen and oxygen atoms in total. The van der Waals surface area contributed by atoms with Crippen LogP contribution in [-0.4, -0.2) is 30.2 Å². The van der Waals surface area contributed by atoms with E-state index in [4.69, 9.17) is 19.5 Å². The normalized spacial score (nSPS) is 14.0. The Hall–Kier alpha value is -2.82. The number of ether oxygens (including phenoxy) is 3. The molecule has 0 unspecified atom stereocenters. The second-order valence-corrected chi connectivity index (χ2v) is 3.95. The first-order valence-corrected chi connectivity index (χ1v) is 5.71. The van der Waals surface area contributed by atoms with Crippen LogP contribution in [-0.2, 0) is 4.74 Å². The summed E-state index contributed by atoms with van der Waals surface area (Å²) in [7, 11) is 0. The molecule has 0 radical (unpaired) electrons. The van der Waals surface area contributed by atoms with Gasteiger partial charge in [-0.05, 0) is 6.92 Å². The Morgan fingerprint density at radius 1 is 1.45 bits per heavy atom. The monoisotopic (exact) mass is 278 g/mol. The number of nitriles is 1. The van der Waals surface area contributed by atoms with E-state index < -0.39 is 22.7 Å². The van der Waals surface area contributed by atoms with E-state index in [-0.39, 0.29) is 30.3 Å². The molecule has 1 heterocycles. The fourth-order valence-electron chi connectivity index (χ4n) is 1.64. The third-order valence-electron chi connectivity index (χ3n) is 2.54. The van der Waals surface area contributed by atoms with Gasteiger partial charge < -0.3 is 14.2 Å². The Morgan fingerprint density at radius 2 is 2.05 bits per heavy atom. The summed E-state index contributed by atoms with van der Waals surface area (Å²) in [4.78, 5) is 22.1. The van der Waals surface area contributed by atoms with Crippen LogP contribution >= 0.6 is 0 Å². The number of nitro groups is 1. The van der Waals surface area contributed by atoms with Crippen molar-refractivity contribution in [2.45, 2.75) is 13.0 Å². The molecule has 8 heteroatoms. The average molecular weight is 278 g/mol. The minimum Gasteiger partial charge on any atom is -0.486 e. The number of hydrogen-bond acceptors (Lipinski definition) is 7. The number of carbonyl (C=O) groups excluding carboxylic acids is 1. The summed E-state index contributed by atoms with van der Waals surface area (Å²) < 4.78 is 15.2. The highest BCUT2D eigenvalue weighted by Crippen LogP contribution is 2.36. The molecule has 1 aromatic rings. The minimum atomic E-state index is -1.00. The van der Waals surface area contributed by atoms with Gasteiger partial charge in [-0.15, -0.1) is 0 Å². The van der Waals surface area contributed by atoms with Crippen LogP contribution in [0.4, 0.5) is 5.69 Å². The van der Waals surface area contributed by atoms with Crippen molar-refractivity contribution in [3.8, 4) is 17.6 Å². The van der Waals surface area contributed by atoms with Gasteiger partial charge in [0.1, 0.15) is 24.8 Å². The fourth-order valence-corrected chi connectivity index (χ4v) is 1.64. The number of rotatable bonds is 3. The van der Waals surface area contributed by atoms with Crippen molar-refractivity contribution in [3.05, 3.63) is 27.8 Å². The highest BCUT2D eigenvalue weighted by atomic mass is 16.6. The number of nitrogens with zero attached hydrogens (tertiary/aromatic N) is 2. The summed E-state index contributed by atoms with van der Waals surface area (Å²) in [6, 6.07) is 4.01. The minimum absolute atomic E-state index is 0.202. The largest absolute Gasteiger partial charge is 0.486 e. The van der Waals surface area contributed by atoms with E-state index in [1.54, 1.807) is 6.07 Å². The molecule has 0 amide bonds. The summed E-state index contributed by atoms with van der Waals surface area (Å²) in [6.07, 6.45) is -1.00. The predicted octanol–water partition coefficient (Wildman–Crippen LogP) is 1.43. The van der Waals surface area contributed by atoms with Crippen molar-refractivity contribution in [2.75, 3.05) is 13.2 Å². The van der Waals surface area contributed by atoms with Crippen LogP contribution in [0.2, 0.25) is 0 Å². The number of carbonyl (C=O) groups is 1. The third-order valence-corrected chi connectivity index (χ3v) is 2.54. The van der Waals surface area contributed by atoms with Crippen molar-refractivity contribution >= 4 is 11.7 Å². The Bertz CT molecular complexity index is 607. The smallest absolute Gasteiger partial charge is 0.346 e. The van der Waals surface area contributed by atoms with E-state index in [1.807, 2.05) is 0 Å². The Kier molecular flexibility index (Phi) is 3.70. The van der Waals surface area contributed by atoms with Gasteiger partial charge in [-0.2, -0.15) is 5.26 Å². The van der Waals surface area contributed by atoms with Crippen molar-refractivity contribution in [1.29, 1.82) is 5.26 Å². The molecule has 20 heavy (non-hydrogen) atoms. The van der Waals surface area contributed by atoms with Crippen molar-refractivity contribution in [2.24, 2.45) is 0 Å². The van der Waals surface area contributed by atoms with Gasteiger partial charge in [-0.25, -0.2) is 4.79 Å². The molecule has 0 saturated heterocycles. The van der Waals surface area contributed by atoms with Crippen molar-refractivity contribution in [1.82, 2.24) is 0 Å². The summed E-state index contributed by atoms with van der Waals surface area (Å²) in [6.45, 7) is 1.93. The lowest BCUT2D eigenvalue weighted by Gasteiger charge is -2.18. The van der Waals surface area contributed by atoms with E-state index in [0.717, 1.165) is 6.07 Å². The first kappa shape index (κ1) is 13.6. The van der Waals surface area contributed by atoms with Crippen LogP contribution in [0.1, 0.15) is 17.3 Å². The zero-order chi connectivity index (χ0) is 14.7. The fraction of sp³-hybridized carbons (Fsp3) is 0.333. The molecule has 0 N–H and O–H groups in total. The molecule has 1 aliphatic heterocycles. The van der Waals surface area contributed by atoms with E-state index >= 15 is 0 Å². The quantitative estimate of drug-likeness (QED) is 0.467. The zero-order valence-electron chi connectivity index (χ0n) is 10.5. The number of nitro benzene ring substituents is 1. The molecule has 2 rings (SSSR count). The highest BCUT2D eigenvalue weighted by Gasteiger charge is 2.28. The first-order valence-electron chi connectivity index (χ1n) is 5.71. The molecule has 1 atom stereocenters. The molecule has 0 bridgehead atoms. The molecule has 0 saturated carbocycles. The molecule has 0 aromatic heterocycles. The van der Waals surface area contributed by atoms with Crippen LogP contribution in [0.15, 0.2) is 12.1 Å². The van der Waals surface area contributed by atoms with Gasteiger partial charge in [0.2, 0.25) is 0 Å². The van der Waals surface area contributed by atoms with Gasteiger partial charge in [0, 0.05) is 6.07 Å². The summed E-state index contributed by atoms with van der Waals surface area (Å²) in [5.41, 5.74) is -0.731. The molecular formula is C12H10N2O6. The Morgan fingerprint density at radius 3 is 2.60 bits per heavy atom. The maximum atomic E-state index is 11.9. The number of esters is 1. The lowest BCUT2D eigenvalue weighted by atomic mass is 10.1.